The highest BCUT2D eigenvalue weighted by atomic mass is 16.1. The number of ketones is 1. The zero-order valence-corrected chi connectivity index (χ0v) is 12.3. The second-order valence-electron chi connectivity index (χ2n) is 6.13. The average molecular weight is 272 g/mol. The van der Waals surface area contributed by atoms with Crippen molar-refractivity contribution in [2.75, 3.05) is 24.5 Å². The largest absolute Gasteiger partial charge is 0.359 e. The lowest BCUT2D eigenvalue weighted by atomic mass is 9.94. The first-order valence-corrected chi connectivity index (χ1v) is 7.83. The van der Waals surface area contributed by atoms with Crippen molar-refractivity contribution in [2.45, 2.75) is 38.6 Å². The summed E-state index contributed by atoms with van der Waals surface area (Å²) in [5.41, 5.74) is 2.45. The second kappa shape index (κ2) is 5.96. The molecule has 0 aromatic heterocycles. The van der Waals surface area contributed by atoms with Gasteiger partial charge in [0.1, 0.15) is 6.04 Å². The summed E-state index contributed by atoms with van der Waals surface area (Å²) in [6.07, 6.45) is 4.64. The molecule has 2 fully saturated rings. The fraction of sp³-hybridized carbons (Fsp3) is 0.588. The number of carbonyl (C=O) groups is 1. The molecule has 108 valence electrons. The van der Waals surface area contributed by atoms with E-state index < -0.39 is 0 Å². The number of carbonyl (C=O) groups excluding carboxylic acids is 1. The molecule has 1 aliphatic carbocycles. The number of nitrogens with one attached hydrogen (secondary N) is 1. The third-order valence-corrected chi connectivity index (χ3v) is 4.69. The van der Waals surface area contributed by atoms with Gasteiger partial charge in [0.05, 0.1) is 0 Å². The number of rotatable bonds is 3. The van der Waals surface area contributed by atoms with E-state index >= 15 is 0 Å². The molecule has 0 bridgehead atoms. The van der Waals surface area contributed by atoms with Crippen LogP contribution in [0.15, 0.2) is 24.3 Å². The van der Waals surface area contributed by atoms with Crippen LogP contribution in [0.3, 0.4) is 0 Å². The summed E-state index contributed by atoms with van der Waals surface area (Å²) in [5, 5.41) is 3.39. The van der Waals surface area contributed by atoms with E-state index in [9.17, 15) is 4.79 Å². The van der Waals surface area contributed by atoms with E-state index in [-0.39, 0.29) is 6.04 Å². The van der Waals surface area contributed by atoms with Crippen molar-refractivity contribution in [1.82, 2.24) is 5.32 Å². The Morgan fingerprint density at radius 3 is 2.60 bits per heavy atom. The van der Waals surface area contributed by atoms with Gasteiger partial charge in [0, 0.05) is 31.2 Å². The predicted octanol–water partition coefficient (Wildman–Crippen LogP) is 2.53. The number of hydrogen-bond acceptors (Lipinski definition) is 3. The van der Waals surface area contributed by atoms with Crippen LogP contribution in [0.4, 0.5) is 5.69 Å². The molecule has 3 heteroatoms. The second-order valence-corrected chi connectivity index (χ2v) is 6.13. The summed E-state index contributed by atoms with van der Waals surface area (Å²) in [5.74, 6) is 0.753. The summed E-state index contributed by atoms with van der Waals surface area (Å²) in [7, 11) is 0. The van der Waals surface area contributed by atoms with Gasteiger partial charge in [-0.15, -0.1) is 0 Å². The zero-order chi connectivity index (χ0) is 13.9. The molecule has 3 rings (SSSR count). The highest BCUT2D eigenvalue weighted by molar-refractivity contribution is 5.90. The molecule has 1 heterocycles. The van der Waals surface area contributed by atoms with Gasteiger partial charge in [-0.25, -0.2) is 0 Å². The van der Waals surface area contributed by atoms with Gasteiger partial charge < -0.3 is 10.2 Å². The van der Waals surface area contributed by atoms with Crippen molar-refractivity contribution >= 4 is 11.5 Å². The van der Waals surface area contributed by atoms with E-state index in [0.717, 1.165) is 32.5 Å². The third-order valence-electron chi connectivity index (χ3n) is 4.69. The molecule has 1 atom stereocenters. The summed E-state index contributed by atoms with van der Waals surface area (Å²) in [6.45, 7) is 4.78. The van der Waals surface area contributed by atoms with Gasteiger partial charge in [-0.2, -0.15) is 0 Å². The Morgan fingerprint density at radius 1 is 1.20 bits per heavy atom. The molecule has 1 N–H and O–H groups in total. The Kier molecular flexibility index (Phi) is 4.06. The zero-order valence-electron chi connectivity index (χ0n) is 12.3. The number of nitrogens with zero attached hydrogens (tertiary/aromatic N) is 1. The Morgan fingerprint density at radius 2 is 1.90 bits per heavy atom. The molecule has 1 saturated heterocycles. The first-order chi connectivity index (χ1) is 9.75. The van der Waals surface area contributed by atoms with Crippen molar-refractivity contribution in [3.8, 4) is 0 Å². The summed E-state index contributed by atoms with van der Waals surface area (Å²) in [4.78, 5) is 15.1. The molecule has 2 aliphatic rings. The topological polar surface area (TPSA) is 32.3 Å². The Bertz CT molecular complexity index is 462. The van der Waals surface area contributed by atoms with E-state index in [0.29, 0.717) is 11.7 Å². The van der Waals surface area contributed by atoms with Crippen molar-refractivity contribution < 1.29 is 4.79 Å². The predicted molar refractivity (Wildman–Crippen MR) is 82.1 cm³/mol. The van der Waals surface area contributed by atoms with Gasteiger partial charge in [0.15, 0.2) is 5.78 Å². The SMILES string of the molecule is Cc1ccc(N2CCNCC2C(=O)C2CCCC2)cc1. The number of piperazine rings is 1. The van der Waals surface area contributed by atoms with Gasteiger partial charge in [0.25, 0.3) is 0 Å². The van der Waals surface area contributed by atoms with Crippen LogP contribution in [0, 0.1) is 12.8 Å². The summed E-state index contributed by atoms with van der Waals surface area (Å²) in [6, 6.07) is 8.59. The van der Waals surface area contributed by atoms with Crippen molar-refractivity contribution in [3.63, 3.8) is 0 Å². The number of anilines is 1. The molecule has 0 radical (unpaired) electrons. The molecule has 20 heavy (non-hydrogen) atoms. The Hall–Kier alpha value is -1.35. The van der Waals surface area contributed by atoms with Crippen molar-refractivity contribution in [2.24, 2.45) is 5.92 Å². The lowest BCUT2D eigenvalue weighted by Crippen LogP contribution is -2.56. The summed E-state index contributed by atoms with van der Waals surface area (Å²) < 4.78 is 0. The smallest absolute Gasteiger partial charge is 0.159 e. The third kappa shape index (κ3) is 2.73. The maximum absolute atomic E-state index is 12.8. The first kappa shape index (κ1) is 13.6. The maximum Gasteiger partial charge on any atom is 0.159 e. The molecule has 1 aliphatic heterocycles. The van der Waals surface area contributed by atoms with Gasteiger partial charge >= 0.3 is 0 Å². The highest BCUT2D eigenvalue weighted by Crippen LogP contribution is 2.29. The lowest BCUT2D eigenvalue weighted by Gasteiger charge is -2.38. The fourth-order valence-electron chi connectivity index (χ4n) is 3.49. The molecule has 1 aromatic carbocycles. The van der Waals surface area contributed by atoms with Crippen LogP contribution in [0.2, 0.25) is 0 Å². The van der Waals surface area contributed by atoms with Gasteiger partial charge in [-0.3, -0.25) is 4.79 Å². The molecular formula is C17H24N2O. The average Bonchev–Trinajstić information content (AvgIpc) is 3.02. The molecule has 1 unspecified atom stereocenters. The first-order valence-electron chi connectivity index (χ1n) is 7.83. The number of aryl methyl sites for hydroxylation is 1. The minimum atomic E-state index is 0.0227. The highest BCUT2D eigenvalue weighted by Gasteiger charge is 2.34. The van der Waals surface area contributed by atoms with Crippen LogP contribution in [-0.2, 0) is 4.79 Å². The fourth-order valence-corrected chi connectivity index (χ4v) is 3.49. The lowest BCUT2D eigenvalue weighted by molar-refractivity contribution is -0.124. The monoisotopic (exact) mass is 272 g/mol. The Balaban J connectivity index is 1.79. The van der Waals surface area contributed by atoms with Gasteiger partial charge in [-0.05, 0) is 31.9 Å². The van der Waals surface area contributed by atoms with E-state index in [1.165, 1.54) is 24.1 Å². The quantitative estimate of drug-likeness (QED) is 0.917. The van der Waals surface area contributed by atoms with E-state index in [1.54, 1.807) is 0 Å². The van der Waals surface area contributed by atoms with Gasteiger partial charge in [-0.1, -0.05) is 30.5 Å². The number of Topliss-reactive ketones (excluding diaryl/α,β-unsaturated/α-hetero) is 1. The molecule has 1 aromatic rings. The minimum absolute atomic E-state index is 0.0227. The normalized spacial score (nSPS) is 24.1. The maximum atomic E-state index is 12.8. The van der Waals surface area contributed by atoms with Crippen LogP contribution in [0.1, 0.15) is 31.2 Å². The molecule has 3 nitrogen and oxygen atoms in total. The van der Waals surface area contributed by atoms with Crippen molar-refractivity contribution in [1.29, 1.82) is 0 Å². The van der Waals surface area contributed by atoms with Crippen LogP contribution in [0.25, 0.3) is 0 Å². The summed E-state index contributed by atoms with van der Waals surface area (Å²) >= 11 is 0. The van der Waals surface area contributed by atoms with E-state index in [4.69, 9.17) is 0 Å². The van der Waals surface area contributed by atoms with Crippen LogP contribution < -0.4 is 10.2 Å². The van der Waals surface area contributed by atoms with Crippen molar-refractivity contribution in [3.05, 3.63) is 29.8 Å². The molecular weight excluding hydrogens is 248 g/mol. The van der Waals surface area contributed by atoms with Crippen LogP contribution >= 0.6 is 0 Å². The number of benzene rings is 1. The standard InChI is InChI=1S/C17H24N2O/c1-13-6-8-15(9-7-13)19-11-10-18-12-16(19)17(20)14-4-2-3-5-14/h6-9,14,16,18H,2-5,10-12H2,1H3. The van der Waals surface area contributed by atoms with Crippen LogP contribution in [0.5, 0.6) is 0 Å². The van der Waals surface area contributed by atoms with E-state index in [1.807, 2.05) is 0 Å². The molecule has 0 spiro atoms. The van der Waals surface area contributed by atoms with Crippen LogP contribution in [-0.4, -0.2) is 31.5 Å². The number of hydrogen-bond donors (Lipinski definition) is 1. The Labute approximate surface area is 121 Å². The minimum Gasteiger partial charge on any atom is -0.359 e. The molecule has 0 amide bonds. The van der Waals surface area contributed by atoms with Gasteiger partial charge in [0.2, 0.25) is 0 Å². The molecule has 1 saturated carbocycles. The van der Waals surface area contributed by atoms with E-state index in [2.05, 4.69) is 41.4 Å².